The van der Waals surface area contributed by atoms with Crippen LogP contribution in [0.15, 0.2) is 48.5 Å². The van der Waals surface area contributed by atoms with Crippen LogP contribution in [0.1, 0.15) is 32.8 Å². The summed E-state index contributed by atoms with van der Waals surface area (Å²) in [7, 11) is 0. The highest BCUT2D eigenvalue weighted by atomic mass is 35.5. The second-order valence-electron chi connectivity index (χ2n) is 7.28. The van der Waals surface area contributed by atoms with Crippen molar-refractivity contribution in [1.82, 2.24) is 5.32 Å². The lowest BCUT2D eigenvalue weighted by molar-refractivity contribution is -0.145. The molecular weight excluding hydrogens is 334 g/mol. The average Bonchev–Trinajstić information content (AvgIpc) is 2.59. The van der Waals surface area contributed by atoms with Gasteiger partial charge in [-0.15, -0.1) is 0 Å². The molecule has 3 rings (SSSR count). The predicted octanol–water partition coefficient (Wildman–Crippen LogP) is 4.41. The lowest BCUT2D eigenvalue weighted by atomic mass is 9.83. The second kappa shape index (κ2) is 7.46. The highest BCUT2D eigenvalue weighted by Gasteiger charge is 2.42. The van der Waals surface area contributed by atoms with Crippen LogP contribution in [0.5, 0.6) is 0 Å². The first-order chi connectivity index (χ1) is 11.9. The minimum absolute atomic E-state index is 0.142. The molecule has 25 heavy (non-hydrogen) atoms. The summed E-state index contributed by atoms with van der Waals surface area (Å²) in [6.07, 6.45) is 0.259. The SMILES string of the molecule is C[C@@H]1O[C@@H](C)C[C@](C)(NCc2ccc(-c3ccc(Cl)cc3)cc2)[C@H]1O. The number of nitrogens with one attached hydrogen (secondary N) is 1. The Bertz CT molecular complexity index is 701. The molecule has 0 radical (unpaired) electrons. The lowest BCUT2D eigenvalue weighted by Crippen LogP contribution is -2.61. The molecule has 0 amide bonds. The number of benzene rings is 2. The van der Waals surface area contributed by atoms with Gasteiger partial charge in [-0.25, -0.2) is 0 Å². The first-order valence-electron chi connectivity index (χ1n) is 8.81. The Kier molecular flexibility index (Phi) is 5.49. The molecule has 3 nitrogen and oxygen atoms in total. The van der Waals surface area contributed by atoms with Gasteiger partial charge in [-0.05, 0) is 56.0 Å². The van der Waals surface area contributed by atoms with E-state index in [1.54, 1.807) is 0 Å². The Labute approximate surface area is 155 Å². The van der Waals surface area contributed by atoms with Crippen LogP contribution in [0.2, 0.25) is 5.02 Å². The lowest BCUT2D eigenvalue weighted by Gasteiger charge is -2.45. The molecule has 134 valence electrons. The molecule has 4 heteroatoms. The van der Waals surface area contributed by atoms with Crippen LogP contribution in [0, 0.1) is 0 Å². The van der Waals surface area contributed by atoms with E-state index in [-0.39, 0.29) is 17.7 Å². The van der Waals surface area contributed by atoms with Gasteiger partial charge in [0.05, 0.1) is 18.3 Å². The molecule has 0 bridgehead atoms. The number of halogens is 1. The maximum Gasteiger partial charge on any atom is 0.0978 e. The summed E-state index contributed by atoms with van der Waals surface area (Å²) in [5, 5.41) is 14.8. The monoisotopic (exact) mass is 359 g/mol. The minimum Gasteiger partial charge on any atom is -0.389 e. The standard InChI is InChI=1S/C21H26ClNO2/c1-14-12-21(3,20(24)15(2)25-14)23-13-16-4-6-17(7-5-16)18-8-10-19(22)11-9-18/h4-11,14-15,20,23-24H,12-13H2,1-3H3/t14-,15-,20-,21-/m0/s1. The van der Waals surface area contributed by atoms with E-state index in [1.807, 2.05) is 31.2 Å². The molecule has 2 aromatic rings. The highest BCUT2D eigenvalue weighted by molar-refractivity contribution is 6.30. The normalized spacial score (nSPS) is 29.6. The van der Waals surface area contributed by atoms with Gasteiger partial charge >= 0.3 is 0 Å². The van der Waals surface area contributed by atoms with Gasteiger partial charge in [0.2, 0.25) is 0 Å². The third-order valence-electron chi connectivity index (χ3n) is 5.08. The molecule has 0 saturated carbocycles. The van der Waals surface area contributed by atoms with Gasteiger partial charge in [-0.3, -0.25) is 0 Å². The van der Waals surface area contributed by atoms with Crippen molar-refractivity contribution in [2.24, 2.45) is 0 Å². The number of ether oxygens (including phenoxy) is 1. The van der Waals surface area contributed by atoms with Crippen molar-refractivity contribution in [1.29, 1.82) is 0 Å². The summed E-state index contributed by atoms with van der Waals surface area (Å²) in [6.45, 7) is 6.79. The van der Waals surface area contributed by atoms with Crippen molar-refractivity contribution in [3.63, 3.8) is 0 Å². The molecule has 1 aliphatic heterocycles. The van der Waals surface area contributed by atoms with Crippen LogP contribution in [0.25, 0.3) is 11.1 Å². The molecule has 1 aliphatic rings. The summed E-state index contributed by atoms with van der Waals surface area (Å²) < 4.78 is 5.72. The van der Waals surface area contributed by atoms with E-state index in [2.05, 4.69) is 43.4 Å². The molecular formula is C21H26ClNO2. The third kappa shape index (κ3) is 4.24. The van der Waals surface area contributed by atoms with Crippen LogP contribution in [0.3, 0.4) is 0 Å². The summed E-state index contributed by atoms with van der Waals surface area (Å²) >= 11 is 5.95. The number of aliphatic hydroxyl groups excluding tert-OH is 1. The Morgan fingerprint density at radius 3 is 2.24 bits per heavy atom. The van der Waals surface area contributed by atoms with E-state index in [0.717, 1.165) is 17.0 Å². The van der Waals surface area contributed by atoms with Crippen molar-refractivity contribution in [3.05, 3.63) is 59.1 Å². The van der Waals surface area contributed by atoms with Crippen molar-refractivity contribution in [3.8, 4) is 11.1 Å². The Morgan fingerprint density at radius 2 is 1.64 bits per heavy atom. The average molecular weight is 360 g/mol. The topological polar surface area (TPSA) is 41.5 Å². The van der Waals surface area contributed by atoms with Crippen LogP contribution in [0.4, 0.5) is 0 Å². The van der Waals surface area contributed by atoms with Crippen molar-refractivity contribution < 1.29 is 9.84 Å². The fourth-order valence-corrected chi connectivity index (χ4v) is 3.79. The summed E-state index contributed by atoms with van der Waals surface area (Å²) in [6, 6.07) is 16.3. The van der Waals surface area contributed by atoms with Crippen molar-refractivity contribution in [2.75, 3.05) is 0 Å². The summed E-state index contributed by atoms with van der Waals surface area (Å²) in [5.41, 5.74) is 3.17. The van der Waals surface area contributed by atoms with E-state index in [0.29, 0.717) is 6.54 Å². The first-order valence-corrected chi connectivity index (χ1v) is 9.18. The molecule has 2 aromatic carbocycles. The molecule has 0 aliphatic carbocycles. The van der Waals surface area contributed by atoms with Gasteiger partial charge in [0.1, 0.15) is 0 Å². The molecule has 4 atom stereocenters. The number of hydrogen-bond acceptors (Lipinski definition) is 3. The van der Waals surface area contributed by atoms with Gasteiger partial charge in [0.25, 0.3) is 0 Å². The van der Waals surface area contributed by atoms with Crippen LogP contribution >= 0.6 is 11.6 Å². The third-order valence-corrected chi connectivity index (χ3v) is 5.34. The maximum absolute atomic E-state index is 10.5. The first kappa shape index (κ1) is 18.4. The number of rotatable bonds is 4. The van der Waals surface area contributed by atoms with Gasteiger partial charge in [-0.2, -0.15) is 0 Å². The van der Waals surface area contributed by atoms with Gasteiger partial charge < -0.3 is 15.2 Å². The smallest absolute Gasteiger partial charge is 0.0978 e. The summed E-state index contributed by atoms with van der Waals surface area (Å²) in [4.78, 5) is 0. The maximum atomic E-state index is 10.5. The van der Waals surface area contributed by atoms with Crippen LogP contribution in [-0.4, -0.2) is 29.0 Å². The molecule has 0 aromatic heterocycles. The summed E-state index contributed by atoms with van der Waals surface area (Å²) in [5.74, 6) is 0. The quantitative estimate of drug-likeness (QED) is 0.849. The van der Waals surface area contributed by atoms with E-state index in [1.165, 1.54) is 11.1 Å². The van der Waals surface area contributed by atoms with Crippen LogP contribution < -0.4 is 5.32 Å². The van der Waals surface area contributed by atoms with Crippen LogP contribution in [-0.2, 0) is 11.3 Å². The van der Waals surface area contributed by atoms with E-state index < -0.39 is 6.10 Å². The molecule has 1 heterocycles. The number of hydrogen-bond donors (Lipinski definition) is 2. The highest BCUT2D eigenvalue weighted by Crippen LogP contribution is 2.29. The van der Waals surface area contributed by atoms with Crippen molar-refractivity contribution in [2.45, 2.75) is 57.6 Å². The Morgan fingerprint density at radius 1 is 1.08 bits per heavy atom. The molecule has 2 N–H and O–H groups in total. The van der Waals surface area contributed by atoms with E-state index >= 15 is 0 Å². The number of aliphatic hydroxyl groups is 1. The molecule has 0 spiro atoms. The Hall–Kier alpha value is -1.39. The van der Waals surface area contributed by atoms with E-state index in [4.69, 9.17) is 16.3 Å². The zero-order chi connectivity index (χ0) is 18.0. The Balaban J connectivity index is 1.66. The van der Waals surface area contributed by atoms with E-state index in [9.17, 15) is 5.11 Å². The zero-order valence-corrected chi connectivity index (χ0v) is 15.8. The largest absolute Gasteiger partial charge is 0.389 e. The molecule has 0 unspecified atom stereocenters. The van der Waals surface area contributed by atoms with Gasteiger partial charge in [0, 0.05) is 17.1 Å². The van der Waals surface area contributed by atoms with Gasteiger partial charge in [0.15, 0.2) is 0 Å². The fourth-order valence-electron chi connectivity index (χ4n) is 3.66. The van der Waals surface area contributed by atoms with Crippen molar-refractivity contribution >= 4 is 11.6 Å². The zero-order valence-electron chi connectivity index (χ0n) is 15.0. The minimum atomic E-state index is -0.517. The molecule has 1 saturated heterocycles. The molecule has 1 fully saturated rings. The second-order valence-corrected chi connectivity index (χ2v) is 7.71. The fraction of sp³-hybridized carbons (Fsp3) is 0.429. The van der Waals surface area contributed by atoms with Gasteiger partial charge in [-0.1, -0.05) is 48.0 Å². The predicted molar refractivity (Wildman–Crippen MR) is 103 cm³/mol.